The Balaban J connectivity index is 1.57. The van der Waals surface area contributed by atoms with Crippen LogP contribution in [-0.2, 0) is 0 Å². The van der Waals surface area contributed by atoms with Gasteiger partial charge in [-0.25, -0.2) is 4.98 Å². The molecule has 0 spiro atoms. The Morgan fingerprint density at radius 3 is 2.72 bits per heavy atom. The van der Waals surface area contributed by atoms with Crippen molar-refractivity contribution in [2.45, 2.75) is 6.92 Å². The van der Waals surface area contributed by atoms with Gasteiger partial charge >= 0.3 is 0 Å². The van der Waals surface area contributed by atoms with Crippen LogP contribution in [0.2, 0.25) is 0 Å². The van der Waals surface area contributed by atoms with Gasteiger partial charge in [0.2, 0.25) is 5.89 Å². The summed E-state index contributed by atoms with van der Waals surface area (Å²) in [6.45, 7) is 2.92. The van der Waals surface area contributed by atoms with Gasteiger partial charge in [-0.1, -0.05) is 18.2 Å². The number of aromatic nitrogens is 1. The fraction of sp³-hybridized carbons (Fsp3) is 0.160. The maximum Gasteiger partial charge on any atom is 0.227 e. The van der Waals surface area contributed by atoms with Gasteiger partial charge in [0.05, 0.1) is 5.56 Å². The molecule has 1 aliphatic heterocycles. The van der Waals surface area contributed by atoms with Crippen molar-refractivity contribution in [2.75, 3.05) is 19.8 Å². The highest BCUT2D eigenvalue weighted by atomic mass is 16.6. The van der Waals surface area contributed by atoms with Crippen molar-refractivity contribution >= 4 is 17.4 Å². The lowest BCUT2D eigenvalue weighted by atomic mass is 9.96. The summed E-state index contributed by atoms with van der Waals surface area (Å²) in [5.41, 5.74) is 5.18. The molecule has 2 heterocycles. The number of benzene rings is 3. The Labute approximate surface area is 183 Å². The van der Waals surface area contributed by atoms with Gasteiger partial charge in [-0.3, -0.25) is 4.79 Å². The van der Waals surface area contributed by atoms with E-state index in [0.717, 1.165) is 33.8 Å². The van der Waals surface area contributed by atoms with Crippen molar-refractivity contribution < 1.29 is 23.4 Å². The number of fused-ring (bicyclic) bond motifs is 2. The van der Waals surface area contributed by atoms with Crippen molar-refractivity contribution in [1.82, 2.24) is 4.98 Å². The minimum atomic E-state index is -0.163. The highest BCUT2D eigenvalue weighted by molar-refractivity contribution is 5.89. The maximum atomic E-state index is 11.4. The van der Waals surface area contributed by atoms with E-state index >= 15 is 0 Å². The van der Waals surface area contributed by atoms with Crippen molar-refractivity contribution in [3.63, 3.8) is 0 Å². The fourth-order valence-electron chi connectivity index (χ4n) is 3.80. The normalized spacial score (nSPS) is 12.4. The second-order valence-corrected chi connectivity index (χ2v) is 7.28. The average molecular weight is 426 g/mol. The van der Waals surface area contributed by atoms with E-state index in [2.05, 4.69) is 4.98 Å². The van der Waals surface area contributed by atoms with E-state index in [4.69, 9.17) is 23.9 Å². The molecule has 158 valence electrons. The van der Waals surface area contributed by atoms with Gasteiger partial charge in [0.1, 0.15) is 30.5 Å². The summed E-state index contributed by atoms with van der Waals surface area (Å²) in [6, 6.07) is 16.9. The summed E-state index contributed by atoms with van der Waals surface area (Å²) < 4.78 is 22.7. The molecule has 0 saturated carbocycles. The standard InChI is InChI=1S/C25H18N2O5/c1-15-18(16-5-6-21-24(12-16)31-10-9-30-21)3-2-4-19(15)25-27-20-11-17(14-28)22(29-8-7-26)13-23(20)32-25/h2-6,11-14H,8-10H2,1H3. The number of rotatable bonds is 5. The highest BCUT2D eigenvalue weighted by Crippen LogP contribution is 2.38. The Hall–Kier alpha value is -4.31. The molecular formula is C25H18N2O5. The van der Waals surface area contributed by atoms with Gasteiger partial charge < -0.3 is 18.6 Å². The lowest BCUT2D eigenvalue weighted by Crippen LogP contribution is -2.15. The molecule has 7 heteroatoms. The molecule has 0 amide bonds. The Morgan fingerprint density at radius 2 is 1.91 bits per heavy atom. The van der Waals surface area contributed by atoms with Crippen LogP contribution in [0.1, 0.15) is 15.9 Å². The van der Waals surface area contributed by atoms with Crippen molar-refractivity contribution in [3.8, 4) is 45.9 Å². The van der Waals surface area contributed by atoms with Crippen LogP contribution >= 0.6 is 0 Å². The van der Waals surface area contributed by atoms with E-state index in [9.17, 15) is 4.79 Å². The zero-order chi connectivity index (χ0) is 22.1. The van der Waals surface area contributed by atoms with Crippen LogP contribution in [0.3, 0.4) is 0 Å². The van der Waals surface area contributed by atoms with Crippen LogP contribution in [0.15, 0.2) is 52.9 Å². The summed E-state index contributed by atoms with van der Waals surface area (Å²) in [5.74, 6) is 2.20. The predicted molar refractivity (Wildman–Crippen MR) is 117 cm³/mol. The first-order chi connectivity index (χ1) is 15.7. The molecule has 0 aliphatic carbocycles. The van der Waals surface area contributed by atoms with Crippen LogP contribution in [0, 0.1) is 18.3 Å². The Bertz CT molecular complexity index is 1380. The van der Waals surface area contributed by atoms with Crippen LogP contribution in [0.5, 0.6) is 17.2 Å². The van der Waals surface area contributed by atoms with Crippen LogP contribution in [0.25, 0.3) is 33.7 Å². The van der Waals surface area contributed by atoms with E-state index in [1.807, 2.05) is 49.4 Å². The number of nitriles is 1. The molecule has 7 nitrogen and oxygen atoms in total. The number of hydrogen-bond acceptors (Lipinski definition) is 7. The van der Waals surface area contributed by atoms with Crippen molar-refractivity contribution in [3.05, 3.63) is 59.7 Å². The molecule has 0 atom stereocenters. The van der Waals surface area contributed by atoms with Crippen molar-refractivity contribution in [1.29, 1.82) is 5.26 Å². The first kappa shape index (κ1) is 19.6. The zero-order valence-corrected chi connectivity index (χ0v) is 17.3. The van der Waals surface area contributed by atoms with E-state index in [0.29, 0.717) is 47.8 Å². The fourth-order valence-corrected chi connectivity index (χ4v) is 3.80. The average Bonchev–Trinajstić information content (AvgIpc) is 3.24. The molecule has 3 aromatic carbocycles. The number of ether oxygens (including phenoxy) is 3. The Kier molecular flexibility index (Phi) is 4.96. The molecule has 0 unspecified atom stereocenters. The lowest BCUT2D eigenvalue weighted by Gasteiger charge is -2.19. The van der Waals surface area contributed by atoms with Gasteiger partial charge in [-0.15, -0.1) is 0 Å². The number of aldehydes is 1. The van der Waals surface area contributed by atoms with E-state index in [1.165, 1.54) is 0 Å². The van der Waals surface area contributed by atoms with Crippen molar-refractivity contribution in [2.24, 2.45) is 0 Å². The highest BCUT2D eigenvalue weighted by Gasteiger charge is 2.18. The summed E-state index contributed by atoms with van der Waals surface area (Å²) in [5, 5.41) is 8.76. The summed E-state index contributed by atoms with van der Waals surface area (Å²) in [6.07, 6.45) is 0.675. The molecule has 5 rings (SSSR count). The maximum absolute atomic E-state index is 11.4. The summed E-state index contributed by atoms with van der Waals surface area (Å²) >= 11 is 0. The third-order valence-corrected chi connectivity index (χ3v) is 5.36. The quantitative estimate of drug-likeness (QED) is 0.416. The minimum absolute atomic E-state index is 0.163. The first-order valence-electron chi connectivity index (χ1n) is 10.1. The molecule has 0 N–H and O–H groups in total. The van der Waals surface area contributed by atoms with Crippen LogP contribution in [-0.4, -0.2) is 31.1 Å². The lowest BCUT2D eigenvalue weighted by molar-refractivity contribution is 0.112. The van der Waals surface area contributed by atoms with Crippen LogP contribution < -0.4 is 14.2 Å². The molecule has 4 aromatic rings. The number of oxazole rings is 1. The molecule has 0 radical (unpaired) electrons. The predicted octanol–water partition coefficient (Wildman–Crippen LogP) is 4.96. The number of carbonyl (C=O) groups excluding carboxylic acids is 1. The van der Waals surface area contributed by atoms with Crippen LogP contribution in [0.4, 0.5) is 0 Å². The topological polar surface area (TPSA) is 94.6 Å². The Morgan fingerprint density at radius 1 is 1.09 bits per heavy atom. The van der Waals surface area contributed by atoms with E-state index in [1.54, 1.807) is 12.1 Å². The van der Waals surface area contributed by atoms with E-state index in [-0.39, 0.29) is 6.61 Å². The summed E-state index contributed by atoms with van der Waals surface area (Å²) in [7, 11) is 0. The smallest absolute Gasteiger partial charge is 0.227 e. The number of carbonyl (C=O) groups is 1. The molecule has 1 aliphatic rings. The zero-order valence-electron chi connectivity index (χ0n) is 17.3. The monoisotopic (exact) mass is 426 g/mol. The van der Waals surface area contributed by atoms with Gasteiger partial charge in [-0.2, -0.15) is 5.26 Å². The third kappa shape index (κ3) is 3.42. The molecule has 1 aromatic heterocycles. The first-order valence-corrected chi connectivity index (χ1v) is 10.1. The second kappa shape index (κ2) is 8.08. The van der Waals surface area contributed by atoms with E-state index < -0.39 is 0 Å². The second-order valence-electron chi connectivity index (χ2n) is 7.28. The minimum Gasteiger partial charge on any atom is -0.486 e. The molecule has 32 heavy (non-hydrogen) atoms. The van der Waals surface area contributed by atoms with Gasteiger partial charge in [0.15, 0.2) is 30.0 Å². The molecule has 0 saturated heterocycles. The molecule has 0 bridgehead atoms. The SMILES string of the molecule is Cc1c(-c2ccc3c(c2)OCCO3)cccc1-c1nc2cc(C=O)c(OCC#N)cc2o1. The number of hydrogen-bond donors (Lipinski definition) is 0. The third-order valence-electron chi connectivity index (χ3n) is 5.36. The molecular weight excluding hydrogens is 408 g/mol. The van der Waals surface area contributed by atoms with Gasteiger partial charge in [0.25, 0.3) is 0 Å². The van der Waals surface area contributed by atoms with Gasteiger partial charge in [0, 0.05) is 11.6 Å². The number of nitrogens with zero attached hydrogens (tertiary/aromatic N) is 2. The largest absolute Gasteiger partial charge is 0.486 e. The summed E-state index contributed by atoms with van der Waals surface area (Å²) in [4.78, 5) is 16.0. The molecule has 0 fully saturated rings. The van der Waals surface area contributed by atoms with Gasteiger partial charge in [-0.05, 0) is 47.9 Å².